The highest BCUT2D eigenvalue weighted by atomic mass is 16.6. The standard InChI is InChI=1S/C72H51N3O6/c76-67-73(43-70(61-40-16-28-49-22-4-10-34-55(49)61)64(79-70)58-37-13-25-46-19-1-7-31-52(46)58)68(77)75(45-72(63-42-18-30-51-24-6-12-36-57(51)63)66(81-72)60-39-15-27-48-21-3-9-33-54(48)60)69(78)74(67)44-71(62-41-17-29-50-23-5-11-35-56(50)62)65(80-71)59-38-14-26-47-20-2-8-32-53(47)59/h1-42,64-66H,43-45H2. The Morgan fingerprint density at radius 2 is 0.469 bits per heavy atom. The van der Waals surface area contributed by atoms with Crippen LogP contribution in [0, 0.1) is 0 Å². The van der Waals surface area contributed by atoms with Gasteiger partial charge in [-0.1, -0.05) is 255 Å². The van der Waals surface area contributed by atoms with Crippen LogP contribution in [-0.4, -0.2) is 13.7 Å². The number of epoxide rings is 3. The molecule has 9 heteroatoms. The van der Waals surface area contributed by atoms with E-state index in [4.69, 9.17) is 14.2 Å². The van der Waals surface area contributed by atoms with E-state index in [1.165, 1.54) is 13.7 Å². The normalized spacial score (nSPS) is 22.0. The molecule has 1 aromatic heterocycles. The van der Waals surface area contributed by atoms with Crippen LogP contribution in [0.3, 0.4) is 0 Å². The lowest BCUT2D eigenvalue weighted by Gasteiger charge is -2.23. The lowest BCUT2D eigenvalue weighted by Crippen LogP contribution is -2.57. The minimum Gasteiger partial charge on any atom is -0.354 e. The van der Waals surface area contributed by atoms with Gasteiger partial charge in [-0.3, -0.25) is 0 Å². The lowest BCUT2D eigenvalue weighted by atomic mass is 9.86. The molecular weight excluding hydrogens is 1000 g/mol. The topological polar surface area (TPSA) is 104 Å². The summed E-state index contributed by atoms with van der Waals surface area (Å²) in [6.45, 7) is -0.635. The summed E-state index contributed by atoms with van der Waals surface area (Å²) in [5.41, 5.74) is -0.717. The van der Waals surface area contributed by atoms with Gasteiger partial charge in [0.15, 0.2) is 0 Å². The Hall–Kier alpha value is -9.51. The van der Waals surface area contributed by atoms with Crippen LogP contribution in [0.1, 0.15) is 51.7 Å². The monoisotopic (exact) mass is 1050 g/mol. The van der Waals surface area contributed by atoms with E-state index >= 15 is 14.4 Å². The number of ether oxygens (including phenoxy) is 3. The van der Waals surface area contributed by atoms with Gasteiger partial charge in [0.1, 0.15) is 35.1 Å². The summed E-state index contributed by atoms with van der Waals surface area (Å²) in [5.74, 6) is 0. The fourth-order valence-corrected chi connectivity index (χ4v) is 13.7. The Labute approximate surface area is 464 Å². The molecule has 3 saturated heterocycles. The zero-order chi connectivity index (χ0) is 54.0. The second-order valence-electron chi connectivity index (χ2n) is 22.1. The predicted molar refractivity (Wildman–Crippen MR) is 319 cm³/mol. The molecule has 81 heavy (non-hydrogen) atoms. The quantitative estimate of drug-likeness (QED) is 0.113. The SMILES string of the molecule is O=c1n(CC2(c3cccc4ccccc34)OC2c2cccc3ccccc23)c(=O)n(CC2(c3cccc4ccccc34)OC2c2cccc3ccccc23)c(=O)n1CC1(c2cccc3ccccc23)OC1c1cccc2ccccc12. The molecule has 6 atom stereocenters. The highest BCUT2D eigenvalue weighted by Crippen LogP contribution is 2.63. The van der Waals surface area contributed by atoms with Crippen molar-refractivity contribution in [3.63, 3.8) is 0 Å². The Morgan fingerprint density at radius 1 is 0.259 bits per heavy atom. The zero-order valence-electron chi connectivity index (χ0n) is 43.9. The minimum absolute atomic E-state index is 0.212. The average molecular weight is 1050 g/mol. The van der Waals surface area contributed by atoms with Gasteiger partial charge in [0.05, 0.1) is 19.6 Å². The van der Waals surface area contributed by atoms with E-state index in [1.54, 1.807) is 0 Å². The summed E-state index contributed by atoms with van der Waals surface area (Å²) >= 11 is 0. The summed E-state index contributed by atoms with van der Waals surface area (Å²) in [7, 11) is 0. The third-order valence-corrected chi connectivity index (χ3v) is 17.7. The molecule has 0 N–H and O–H groups in total. The van der Waals surface area contributed by atoms with Gasteiger partial charge in [0.25, 0.3) is 0 Å². The Morgan fingerprint density at radius 3 is 0.741 bits per heavy atom. The first kappa shape index (κ1) is 47.5. The van der Waals surface area contributed by atoms with Crippen LogP contribution in [0.4, 0.5) is 0 Å². The molecule has 390 valence electrons. The van der Waals surface area contributed by atoms with Crippen LogP contribution in [0.25, 0.3) is 64.6 Å². The maximum absolute atomic E-state index is 16.3. The Kier molecular flexibility index (Phi) is 10.6. The molecule has 0 amide bonds. The van der Waals surface area contributed by atoms with Gasteiger partial charge in [-0.2, -0.15) is 0 Å². The van der Waals surface area contributed by atoms with E-state index in [-0.39, 0.29) is 19.6 Å². The fraction of sp³-hybridized carbons (Fsp3) is 0.125. The first-order chi connectivity index (χ1) is 39.8. The molecule has 0 radical (unpaired) electrons. The van der Waals surface area contributed by atoms with Gasteiger partial charge in [-0.25, -0.2) is 28.1 Å². The summed E-state index contributed by atoms with van der Waals surface area (Å²) in [4.78, 5) is 48.9. The van der Waals surface area contributed by atoms with E-state index in [0.29, 0.717) is 0 Å². The molecule has 3 aliphatic heterocycles. The molecule has 13 aromatic rings. The van der Waals surface area contributed by atoms with Gasteiger partial charge < -0.3 is 14.2 Å². The second kappa shape index (κ2) is 18.0. The van der Waals surface area contributed by atoms with Gasteiger partial charge in [-0.15, -0.1) is 0 Å². The van der Waals surface area contributed by atoms with Crippen LogP contribution < -0.4 is 17.1 Å². The third kappa shape index (κ3) is 7.32. The first-order valence-corrected chi connectivity index (χ1v) is 27.7. The first-order valence-electron chi connectivity index (χ1n) is 27.7. The smallest absolute Gasteiger partial charge is 0.336 e. The molecular formula is C72H51N3O6. The van der Waals surface area contributed by atoms with Crippen LogP contribution in [0.15, 0.2) is 269 Å². The van der Waals surface area contributed by atoms with E-state index in [9.17, 15) is 0 Å². The van der Waals surface area contributed by atoms with Gasteiger partial charge >= 0.3 is 17.1 Å². The molecule has 0 bridgehead atoms. The fourth-order valence-electron chi connectivity index (χ4n) is 13.7. The number of fused-ring (bicyclic) bond motifs is 6. The van der Waals surface area contributed by atoms with E-state index in [0.717, 1.165) is 98.0 Å². The molecule has 9 nitrogen and oxygen atoms in total. The maximum Gasteiger partial charge on any atom is 0.336 e. The van der Waals surface area contributed by atoms with Crippen molar-refractivity contribution in [2.75, 3.05) is 0 Å². The average Bonchev–Trinajstić information content (AvgIpc) is 4.66. The zero-order valence-corrected chi connectivity index (χ0v) is 43.9. The van der Waals surface area contributed by atoms with Gasteiger partial charge in [0.2, 0.25) is 0 Å². The van der Waals surface area contributed by atoms with Crippen LogP contribution in [0.5, 0.6) is 0 Å². The van der Waals surface area contributed by atoms with Crippen molar-refractivity contribution in [2.24, 2.45) is 0 Å². The van der Waals surface area contributed by atoms with E-state index in [2.05, 4.69) is 127 Å². The van der Waals surface area contributed by atoms with Crippen molar-refractivity contribution in [1.82, 2.24) is 13.7 Å². The molecule has 0 aliphatic carbocycles. The van der Waals surface area contributed by atoms with Crippen LogP contribution >= 0.6 is 0 Å². The molecule has 3 aliphatic rings. The molecule has 3 fully saturated rings. The largest absolute Gasteiger partial charge is 0.354 e. The molecule has 0 spiro atoms. The van der Waals surface area contributed by atoms with E-state index < -0.39 is 52.2 Å². The highest BCUT2D eigenvalue weighted by molar-refractivity contribution is 5.92. The van der Waals surface area contributed by atoms with Gasteiger partial charge in [0, 0.05) is 0 Å². The Balaban J connectivity index is 0.945. The molecule has 12 aromatic carbocycles. The minimum atomic E-state index is -1.24. The van der Waals surface area contributed by atoms with Crippen molar-refractivity contribution in [3.8, 4) is 0 Å². The number of hydrogen-bond donors (Lipinski definition) is 0. The lowest BCUT2D eigenvalue weighted by molar-refractivity contribution is 0.230. The van der Waals surface area contributed by atoms with Crippen molar-refractivity contribution in [3.05, 3.63) is 320 Å². The second-order valence-corrected chi connectivity index (χ2v) is 22.1. The summed E-state index contributed by atoms with van der Waals surface area (Å²) in [6.07, 6.45) is -1.74. The van der Waals surface area contributed by atoms with Crippen molar-refractivity contribution < 1.29 is 14.2 Å². The van der Waals surface area contributed by atoms with E-state index in [1.807, 2.05) is 127 Å². The third-order valence-electron chi connectivity index (χ3n) is 17.7. The predicted octanol–water partition coefficient (Wildman–Crippen LogP) is 14.1. The van der Waals surface area contributed by atoms with Crippen LogP contribution in [0.2, 0.25) is 0 Å². The maximum atomic E-state index is 16.3. The molecule has 16 rings (SSSR count). The Bertz CT molecular complexity index is 4390. The number of nitrogens with zero attached hydrogens (tertiary/aromatic N) is 3. The molecule has 0 saturated carbocycles. The summed E-state index contributed by atoms with van der Waals surface area (Å²) in [6, 6.07) is 85.8. The van der Waals surface area contributed by atoms with Crippen molar-refractivity contribution in [2.45, 2.75) is 54.7 Å². The van der Waals surface area contributed by atoms with Gasteiger partial charge in [-0.05, 0) is 98.0 Å². The van der Waals surface area contributed by atoms with Crippen molar-refractivity contribution in [1.29, 1.82) is 0 Å². The summed E-state index contributed by atoms with van der Waals surface area (Å²) < 4.78 is 25.3. The highest BCUT2D eigenvalue weighted by Gasteiger charge is 2.63. The number of hydrogen-bond acceptors (Lipinski definition) is 6. The number of benzene rings is 12. The van der Waals surface area contributed by atoms with Crippen LogP contribution in [-0.2, 0) is 50.6 Å². The number of rotatable bonds is 12. The number of aromatic nitrogens is 3. The molecule has 6 unspecified atom stereocenters. The van der Waals surface area contributed by atoms with Crippen molar-refractivity contribution >= 4 is 64.6 Å². The summed E-state index contributed by atoms with van der Waals surface area (Å²) in [5, 5.41) is 11.9. The molecule has 4 heterocycles.